The topological polar surface area (TPSA) is 80.3 Å². The van der Waals surface area contributed by atoms with Gasteiger partial charge in [0, 0.05) is 44.6 Å². The highest BCUT2D eigenvalue weighted by atomic mass is 16.7. The van der Waals surface area contributed by atoms with Gasteiger partial charge in [0.1, 0.15) is 5.75 Å². The van der Waals surface area contributed by atoms with Gasteiger partial charge in [0.05, 0.1) is 25.9 Å². The minimum Gasteiger partial charge on any atom is -0.494 e. The molecule has 3 aliphatic rings. The number of rotatable bonds is 4. The molecule has 1 aromatic rings. The Morgan fingerprint density at radius 1 is 1.21 bits per heavy atom. The van der Waals surface area contributed by atoms with E-state index in [2.05, 4.69) is 5.32 Å². The zero-order valence-corrected chi connectivity index (χ0v) is 16.2. The second-order valence-electron chi connectivity index (χ2n) is 7.38. The molecule has 28 heavy (non-hydrogen) atoms. The van der Waals surface area contributed by atoms with Crippen LogP contribution in [0.5, 0.6) is 5.75 Å². The summed E-state index contributed by atoms with van der Waals surface area (Å²) < 4.78 is 16.8. The van der Waals surface area contributed by atoms with Gasteiger partial charge in [-0.25, -0.2) is 4.79 Å². The summed E-state index contributed by atoms with van der Waals surface area (Å²) in [7, 11) is 0. The summed E-state index contributed by atoms with van der Waals surface area (Å²) in [6.45, 7) is 5.44. The first-order chi connectivity index (χ1) is 13.6. The molecule has 1 spiro atoms. The zero-order valence-electron chi connectivity index (χ0n) is 16.2. The van der Waals surface area contributed by atoms with E-state index in [0.29, 0.717) is 58.7 Å². The van der Waals surface area contributed by atoms with Crippen LogP contribution in [-0.4, -0.2) is 68.1 Å². The standard InChI is InChI=1S/C20H27N3O5/c1-2-26-17-5-3-16(4-6-17)23-14-15(13-18(23)24)21-19(25)22-9-7-20(8-10-22)27-11-12-28-20/h3-6,15H,2,7-14H2,1H3,(H,21,25)/t15-/m1/s1. The highest BCUT2D eigenvalue weighted by Gasteiger charge is 2.41. The third kappa shape index (κ3) is 3.93. The van der Waals surface area contributed by atoms with Crippen molar-refractivity contribution in [3.8, 4) is 5.75 Å². The molecule has 8 heteroatoms. The van der Waals surface area contributed by atoms with Gasteiger partial charge in [-0.2, -0.15) is 0 Å². The second kappa shape index (κ2) is 7.97. The lowest BCUT2D eigenvalue weighted by atomic mass is 10.0. The number of carbonyl (C=O) groups is 2. The van der Waals surface area contributed by atoms with E-state index in [-0.39, 0.29) is 18.0 Å². The van der Waals surface area contributed by atoms with E-state index in [4.69, 9.17) is 14.2 Å². The second-order valence-corrected chi connectivity index (χ2v) is 7.38. The number of piperidine rings is 1. The van der Waals surface area contributed by atoms with Gasteiger partial charge in [0.15, 0.2) is 5.79 Å². The lowest BCUT2D eigenvalue weighted by molar-refractivity contribution is -0.181. The lowest BCUT2D eigenvalue weighted by Crippen LogP contribution is -2.52. The SMILES string of the molecule is CCOc1ccc(N2C[C@H](NC(=O)N3CCC4(CC3)OCCO4)CC2=O)cc1. The molecule has 0 unspecified atom stereocenters. The number of amides is 3. The summed E-state index contributed by atoms with van der Waals surface area (Å²) in [5.74, 6) is 0.297. The average Bonchev–Trinajstić information content (AvgIpc) is 3.30. The molecule has 0 bridgehead atoms. The Bertz CT molecular complexity index is 707. The van der Waals surface area contributed by atoms with Crippen LogP contribution in [0.2, 0.25) is 0 Å². The van der Waals surface area contributed by atoms with E-state index in [1.807, 2.05) is 31.2 Å². The number of hydrogen-bond acceptors (Lipinski definition) is 5. The molecule has 0 aromatic heterocycles. The molecular weight excluding hydrogens is 362 g/mol. The van der Waals surface area contributed by atoms with E-state index in [1.165, 1.54) is 0 Å². The molecule has 3 aliphatic heterocycles. The van der Waals surface area contributed by atoms with Crippen molar-refractivity contribution in [1.29, 1.82) is 0 Å². The van der Waals surface area contributed by atoms with Crippen LogP contribution in [0, 0.1) is 0 Å². The van der Waals surface area contributed by atoms with Crippen molar-refractivity contribution in [3.05, 3.63) is 24.3 Å². The summed E-state index contributed by atoms with van der Waals surface area (Å²) in [6, 6.07) is 7.14. The summed E-state index contributed by atoms with van der Waals surface area (Å²) in [6.07, 6.45) is 1.67. The van der Waals surface area contributed by atoms with Crippen molar-refractivity contribution < 1.29 is 23.8 Å². The molecule has 3 heterocycles. The smallest absolute Gasteiger partial charge is 0.317 e. The number of nitrogens with zero attached hydrogens (tertiary/aromatic N) is 2. The normalized spacial score (nSPS) is 24.0. The monoisotopic (exact) mass is 389 g/mol. The van der Waals surface area contributed by atoms with Gasteiger partial charge >= 0.3 is 6.03 Å². The van der Waals surface area contributed by atoms with Crippen molar-refractivity contribution in [2.24, 2.45) is 0 Å². The van der Waals surface area contributed by atoms with Crippen molar-refractivity contribution in [3.63, 3.8) is 0 Å². The van der Waals surface area contributed by atoms with E-state index in [1.54, 1.807) is 9.80 Å². The Morgan fingerprint density at radius 2 is 1.89 bits per heavy atom. The van der Waals surface area contributed by atoms with Gasteiger partial charge < -0.3 is 29.3 Å². The predicted molar refractivity (Wildman–Crippen MR) is 102 cm³/mol. The quantitative estimate of drug-likeness (QED) is 0.849. The van der Waals surface area contributed by atoms with E-state index in [0.717, 1.165) is 11.4 Å². The van der Waals surface area contributed by atoms with Gasteiger partial charge in [0.25, 0.3) is 0 Å². The number of urea groups is 1. The maximum absolute atomic E-state index is 12.6. The highest BCUT2D eigenvalue weighted by Crippen LogP contribution is 2.31. The molecule has 3 fully saturated rings. The van der Waals surface area contributed by atoms with Crippen LogP contribution in [0.1, 0.15) is 26.2 Å². The first-order valence-corrected chi connectivity index (χ1v) is 9.95. The maximum atomic E-state index is 12.6. The lowest BCUT2D eigenvalue weighted by Gasteiger charge is -2.37. The molecule has 152 valence electrons. The number of likely N-dealkylation sites (tertiary alicyclic amines) is 1. The molecular formula is C20H27N3O5. The number of benzene rings is 1. The van der Waals surface area contributed by atoms with Gasteiger partial charge in [-0.05, 0) is 31.2 Å². The van der Waals surface area contributed by atoms with E-state index < -0.39 is 5.79 Å². The van der Waals surface area contributed by atoms with E-state index in [9.17, 15) is 9.59 Å². The fraction of sp³-hybridized carbons (Fsp3) is 0.600. The number of hydrogen-bond donors (Lipinski definition) is 1. The zero-order chi connectivity index (χ0) is 19.6. The van der Waals surface area contributed by atoms with Crippen LogP contribution in [0.4, 0.5) is 10.5 Å². The molecule has 4 rings (SSSR count). The molecule has 3 saturated heterocycles. The number of nitrogens with one attached hydrogen (secondary N) is 1. The fourth-order valence-corrected chi connectivity index (χ4v) is 4.04. The fourth-order valence-electron chi connectivity index (χ4n) is 4.04. The molecule has 0 aliphatic carbocycles. The third-order valence-corrected chi connectivity index (χ3v) is 5.54. The summed E-state index contributed by atoms with van der Waals surface area (Å²) >= 11 is 0. The van der Waals surface area contributed by atoms with Crippen molar-refractivity contribution in [2.75, 3.05) is 44.4 Å². The third-order valence-electron chi connectivity index (χ3n) is 5.54. The van der Waals surface area contributed by atoms with Crippen molar-refractivity contribution in [1.82, 2.24) is 10.2 Å². The highest BCUT2D eigenvalue weighted by molar-refractivity contribution is 5.96. The van der Waals surface area contributed by atoms with Gasteiger partial charge in [0.2, 0.25) is 5.91 Å². The van der Waals surface area contributed by atoms with Gasteiger partial charge in [-0.1, -0.05) is 0 Å². The summed E-state index contributed by atoms with van der Waals surface area (Å²) in [5, 5.41) is 3.01. The Labute approximate surface area is 164 Å². The number of anilines is 1. The van der Waals surface area contributed by atoms with Gasteiger partial charge in [-0.15, -0.1) is 0 Å². The minimum absolute atomic E-state index is 0.0137. The van der Waals surface area contributed by atoms with Crippen LogP contribution in [0.3, 0.4) is 0 Å². The Morgan fingerprint density at radius 3 is 2.54 bits per heavy atom. The minimum atomic E-state index is -0.495. The van der Waals surface area contributed by atoms with Crippen LogP contribution < -0.4 is 15.0 Å². The first-order valence-electron chi connectivity index (χ1n) is 9.95. The maximum Gasteiger partial charge on any atom is 0.317 e. The van der Waals surface area contributed by atoms with Gasteiger partial charge in [-0.3, -0.25) is 4.79 Å². The Kier molecular flexibility index (Phi) is 5.41. The molecule has 8 nitrogen and oxygen atoms in total. The number of carbonyl (C=O) groups excluding carboxylic acids is 2. The van der Waals surface area contributed by atoms with Crippen LogP contribution in [-0.2, 0) is 14.3 Å². The Balaban J connectivity index is 1.30. The average molecular weight is 389 g/mol. The van der Waals surface area contributed by atoms with Crippen molar-refractivity contribution in [2.45, 2.75) is 38.0 Å². The molecule has 1 N–H and O–H groups in total. The molecule has 3 amide bonds. The first kappa shape index (κ1) is 19.0. The summed E-state index contributed by atoms with van der Waals surface area (Å²) in [5.41, 5.74) is 0.820. The molecule has 0 radical (unpaired) electrons. The van der Waals surface area contributed by atoms with Crippen LogP contribution in [0.15, 0.2) is 24.3 Å². The number of ether oxygens (including phenoxy) is 3. The van der Waals surface area contributed by atoms with E-state index >= 15 is 0 Å². The molecule has 1 atom stereocenters. The van der Waals surface area contributed by atoms with Crippen molar-refractivity contribution >= 4 is 17.6 Å². The van der Waals surface area contributed by atoms with Crippen LogP contribution in [0.25, 0.3) is 0 Å². The molecule has 1 aromatic carbocycles. The largest absolute Gasteiger partial charge is 0.494 e. The van der Waals surface area contributed by atoms with Crippen LogP contribution >= 0.6 is 0 Å². The Hall–Kier alpha value is -2.32. The summed E-state index contributed by atoms with van der Waals surface area (Å²) in [4.78, 5) is 28.5. The predicted octanol–water partition coefficient (Wildman–Crippen LogP) is 1.74. The molecule has 0 saturated carbocycles.